The summed E-state index contributed by atoms with van der Waals surface area (Å²) in [6, 6.07) is 4.27. The number of carbonyl (C=O) groups excluding carboxylic acids is 1. The number of nitrogens with zero attached hydrogens (tertiary/aromatic N) is 1. The minimum atomic E-state index is -0.477. The molecule has 2 atom stereocenters. The summed E-state index contributed by atoms with van der Waals surface area (Å²) in [7, 11) is 0. The monoisotopic (exact) mass is 349 g/mol. The summed E-state index contributed by atoms with van der Waals surface area (Å²) < 4.78 is 11.1. The van der Waals surface area contributed by atoms with Crippen molar-refractivity contribution in [1.82, 2.24) is 10.3 Å². The Morgan fingerprint density at radius 2 is 2.00 bits per heavy atom. The van der Waals surface area contributed by atoms with Gasteiger partial charge in [-0.2, -0.15) is 0 Å². The number of hydrogen-bond acceptors (Lipinski definition) is 5. The van der Waals surface area contributed by atoms with E-state index in [1.54, 1.807) is 6.20 Å². The van der Waals surface area contributed by atoms with Gasteiger partial charge in [0.15, 0.2) is 0 Å². The molecule has 1 aliphatic carbocycles. The van der Waals surface area contributed by atoms with E-state index >= 15 is 0 Å². The van der Waals surface area contributed by atoms with Crippen LogP contribution in [0.25, 0.3) is 0 Å². The Morgan fingerprint density at radius 3 is 2.68 bits per heavy atom. The number of pyridine rings is 1. The minimum Gasteiger partial charge on any atom is -0.473 e. The van der Waals surface area contributed by atoms with Crippen molar-refractivity contribution in [2.75, 3.05) is 5.32 Å². The quantitative estimate of drug-likeness (QED) is 0.837. The average Bonchev–Trinajstić information content (AvgIpc) is 2.47. The van der Waals surface area contributed by atoms with Gasteiger partial charge in [-0.05, 0) is 72.4 Å². The lowest BCUT2D eigenvalue weighted by Gasteiger charge is -2.32. The molecule has 1 heterocycles. The van der Waals surface area contributed by atoms with Crippen LogP contribution in [0.2, 0.25) is 0 Å². The van der Waals surface area contributed by atoms with E-state index in [0.717, 1.165) is 31.4 Å². The van der Waals surface area contributed by atoms with Gasteiger partial charge in [0.05, 0.1) is 11.8 Å². The van der Waals surface area contributed by atoms with Crippen molar-refractivity contribution >= 4 is 11.8 Å². The van der Waals surface area contributed by atoms with Crippen molar-refractivity contribution in [3.63, 3.8) is 0 Å². The minimum absolute atomic E-state index is 0.0726. The van der Waals surface area contributed by atoms with Crippen LogP contribution in [0.15, 0.2) is 18.3 Å². The number of hydrogen-bond donors (Lipinski definition) is 2. The van der Waals surface area contributed by atoms with Crippen LogP contribution in [0.4, 0.5) is 10.5 Å². The van der Waals surface area contributed by atoms with Crippen LogP contribution in [0, 0.1) is 0 Å². The van der Waals surface area contributed by atoms with Crippen molar-refractivity contribution in [3.05, 3.63) is 18.3 Å². The Balaban J connectivity index is 1.92. The van der Waals surface area contributed by atoms with E-state index in [1.807, 2.05) is 46.8 Å². The highest BCUT2D eigenvalue weighted by molar-refractivity contribution is 5.68. The summed E-state index contributed by atoms with van der Waals surface area (Å²) in [6.07, 6.45) is 5.40. The lowest BCUT2D eigenvalue weighted by atomic mass is 9.91. The molecule has 1 fully saturated rings. The number of anilines is 1. The topological polar surface area (TPSA) is 72.5 Å². The fraction of sp³-hybridized carbons (Fsp3) is 0.684. The van der Waals surface area contributed by atoms with Gasteiger partial charge in [-0.25, -0.2) is 9.78 Å². The van der Waals surface area contributed by atoms with Crippen LogP contribution in [0.3, 0.4) is 0 Å². The molecule has 0 aliphatic heterocycles. The molecule has 25 heavy (non-hydrogen) atoms. The van der Waals surface area contributed by atoms with Crippen molar-refractivity contribution in [2.24, 2.45) is 0 Å². The third-order valence-electron chi connectivity index (χ3n) is 3.87. The Hall–Kier alpha value is -1.98. The number of carbonyl (C=O) groups is 1. The highest BCUT2D eigenvalue weighted by atomic mass is 16.6. The SMILES string of the molecule is CC(C)Oc1ncccc1NC1CCCC(NC(=O)OC(C)(C)C)C1. The normalized spacial score (nSPS) is 20.9. The van der Waals surface area contributed by atoms with Crippen molar-refractivity contribution in [2.45, 2.75) is 84.1 Å². The molecule has 1 aliphatic rings. The van der Waals surface area contributed by atoms with E-state index < -0.39 is 5.60 Å². The van der Waals surface area contributed by atoms with Gasteiger partial charge in [0.2, 0.25) is 5.88 Å². The van der Waals surface area contributed by atoms with E-state index in [0.29, 0.717) is 5.88 Å². The van der Waals surface area contributed by atoms with Gasteiger partial charge in [0.1, 0.15) is 5.60 Å². The van der Waals surface area contributed by atoms with Crippen LogP contribution < -0.4 is 15.4 Å². The number of aromatic nitrogens is 1. The first-order chi connectivity index (χ1) is 11.7. The number of amides is 1. The number of nitrogens with one attached hydrogen (secondary N) is 2. The second-order valence-electron chi connectivity index (χ2n) is 7.87. The number of alkyl carbamates (subject to hydrolysis) is 1. The van der Waals surface area contributed by atoms with Gasteiger partial charge >= 0.3 is 6.09 Å². The number of ether oxygens (including phenoxy) is 2. The van der Waals surface area contributed by atoms with Crippen LogP contribution >= 0.6 is 0 Å². The molecule has 1 amide bonds. The molecule has 140 valence electrons. The lowest BCUT2D eigenvalue weighted by molar-refractivity contribution is 0.0492. The molecule has 0 radical (unpaired) electrons. The van der Waals surface area contributed by atoms with E-state index in [2.05, 4.69) is 15.6 Å². The molecule has 1 aromatic heterocycles. The molecule has 1 aromatic rings. The number of rotatable bonds is 5. The Morgan fingerprint density at radius 1 is 1.28 bits per heavy atom. The lowest BCUT2D eigenvalue weighted by Crippen LogP contribution is -2.43. The second-order valence-corrected chi connectivity index (χ2v) is 7.87. The molecule has 0 aromatic carbocycles. The van der Waals surface area contributed by atoms with Crippen LogP contribution in [-0.4, -0.2) is 34.9 Å². The summed E-state index contributed by atoms with van der Waals surface area (Å²) in [4.78, 5) is 16.3. The van der Waals surface area contributed by atoms with E-state index in [1.165, 1.54) is 0 Å². The predicted molar refractivity (Wildman–Crippen MR) is 99.0 cm³/mol. The first-order valence-corrected chi connectivity index (χ1v) is 9.10. The molecule has 2 rings (SSSR count). The summed E-state index contributed by atoms with van der Waals surface area (Å²) in [5, 5.41) is 6.52. The van der Waals surface area contributed by atoms with Crippen LogP contribution in [0.5, 0.6) is 5.88 Å². The van der Waals surface area contributed by atoms with E-state index in [9.17, 15) is 4.79 Å². The van der Waals surface area contributed by atoms with Gasteiger partial charge in [0.25, 0.3) is 0 Å². The highest BCUT2D eigenvalue weighted by Crippen LogP contribution is 2.27. The third kappa shape index (κ3) is 6.80. The van der Waals surface area contributed by atoms with Gasteiger partial charge in [-0.3, -0.25) is 0 Å². The summed E-state index contributed by atoms with van der Waals surface area (Å²) >= 11 is 0. The zero-order chi connectivity index (χ0) is 18.4. The Bertz CT molecular complexity index is 569. The van der Waals surface area contributed by atoms with Crippen LogP contribution in [-0.2, 0) is 4.74 Å². The molecule has 6 nitrogen and oxygen atoms in total. The van der Waals surface area contributed by atoms with Gasteiger partial charge < -0.3 is 20.1 Å². The highest BCUT2D eigenvalue weighted by Gasteiger charge is 2.26. The Kier molecular flexibility index (Phi) is 6.51. The molecule has 6 heteroatoms. The Labute approximate surface area is 150 Å². The van der Waals surface area contributed by atoms with E-state index in [4.69, 9.17) is 9.47 Å². The smallest absolute Gasteiger partial charge is 0.407 e. The third-order valence-corrected chi connectivity index (χ3v) is 3.87. The van der Waals surface area contributed by atoms with E-state index in [-0.39, 0.29) is 24.3 Å². The summed E-state index contributed by atoms with van der Waals surface area (Å²) in [5.74, 6) is 0.625. The summed E-state index contributed by atoms with van der Waals surface area (Å²) in [6.45, 7) is 9.59. The van der Waals surface area contributed by atoms with Crippen LogP contribution in [0.1, 0.15) is 60.3 Å². The van der Waals surface area contributed by atoms with Crippen molar-refractivity contribution < 1.29 is 14.3 Å². The average molecular weight is 349 g/mol. The van der Waals surface area contributed by atoms with Gasteiger partial charge in [-0.15, -0.1) is 0 Å². The fourth-order valence-electron chi connectivity index (χ4n) is 2.96. The molecule has 2 unspecified atom stereocenters. The zero-order valence-electron chi connectivity index (χ0n) is 16.0. The maximum Gasteiger partial charge on any atom is 0.407 e. The predicted octanol–water partition coefficient (Wildman–Crippen LogP) is 4.12. The first-order valence-electron chi connectivity index (χ1n) is 9.10. The molecule has 0 bridgehead atoms. The molecule has 1 saturated carbocycles. The molecule has 0 saturated heterocycles. The fourth-order valence-corrected chi connectivity index (χ4v) is 2.96. The van der Waals surface area contributed by atoms with Crippen molar-refractivity contribution in [3.8, 4) is 5.88 Å². The zero-order valence-corrected chi connectivity index (χ0v) is 16.0. The van der Waals surface area contributed by atoms with Gasteiger partial charge in [-0.1, -0.05) is 0 Å². The molecular weight excluding hydrogens is 318 g/mol. The molecule has 0 spiro atoms. The first kappa shape index (κ1) is 19.3. The molecular formula is C19H31N3O3. The van der Waals surface area contributed by atoms with Crippen molar-refractivity contribution in [1.29, 1.82) is 0 Å². The maximum absolute atomic E-state index is 12.0. The largest absolute Gasteiger partial charge is 0.473 e. The second kappa shape index (κ2) is 8.41. The van der Waals surface area contributed by atoms with Gasteiger partial charge in [0, 0.05) is 18.3 Å². The molecule has 2 N–H and O–H groups in total. The maximum atomic E-state index is 12.0. The standard InChI is InChI=1S/C19H31N3O3/c1-13(2)24-17-16(10-7-11-20-17)21-14-8-6-9-15(12-14)22-18(23)25-19(3,4)5/h7,10-11,13-15,21H,6,8-9,12H2,1-5H3,(H,22,23). The summed E-state index contributed by atoms with van der Waals surface area (Å²) in [5.41, 5.74) is 0.425.